The molecule has 1 aromatic rings. The number of amides is 1. The first kappa shape index (κ1) is 14.0. The zero-order valence-electron chi connectivity index (χ0n) is 10.3. The van der Waals surface area contributed by atoms with Gasteiger partial charge in [-0.05, 0) is 24.1 Å². The zero-order valence-corrected chi connectivity index (χ0v) is 10.3. The van der Waals surface area contributed by atoms with Crippen molar-refractivity contribution in [3.63, 3.8) is 0 Å². The summed E-state index contributed by atoms with van der Waals surface area (Å²) in [6.45, 7) is 2.64. The largest absolute Gasteiger partial charge is 0.494 e. The van der Waals surface area contributed by atoms with Crippen molar-refractivity contribution >= 4 is 12.4 Å². The number of carboxylic acids is 1. The highest BCUT2D eigenvalue weighted by molar-refractivity contribution is 5.76. The van der Waals surface area contributed by atoms with Crippen LogP contribution in [-0.4, -0.2) is 30.1 Å². The molecule has 1 atom stereocenters. The summed E-state index contributed by atoms with van der Waals surface area (Å²) in [6, 6.07) is 6.31. The van der Waals surface area contributed by atoms with Gasteiger partial charge in [-0.15, -0.1) is 0 Å². The maximum atomic E-state index is 10.9. The molecule has 18 heavy (non-hydrogen) atoms. The van der Waals surface area contributed by atoms with Crippen molar-refractivity contribution in [1.82, 2.24) is 5.32 Å². The second kappa shape index (κ2) is 7.32. The lowest BCUT2D eigenvalue weighted by Gasteiger charge is -2.12. The summed E-state index contributed by atoms with van der Waals surface area (Å²) >= 11 is 0. The third-order valence-corrected chi connectivity index (χ3v) is 2.38. The molecule has 98 valence electrons. The smallest absolute Gasteiger partial charge is 0.326 e. The van der Waals surface area contributed by atoms with E-state index in [-0.39, 0.29) is 6.42 Å². The Balaban J connectivity index is 2.70. The highest BCUT2D eigenvalue weighted by atomic mass is 16.5. The van der Waals surface area contributed by atoms with Crippen LogP contribution >= 0.6 is 0 Å². The molecule has 5 heteroatoms. The van der Waals surface area contributed by atoms with Crippen LogP contribution in [0.1, 0.15) is 18.9 Å². The van der Waals surface area contributed by atoms with Crippen LogP contribution in [0.25, 0.3) is 0 Å². The quantitative estimate of drug-likeness (QED) is 0.681. The maximum absolute atomic E-state index is 10.9. The number of nitrogens with one attached hydrogen (secondary N) is 1. The van der Waals surface area contributed by atoms with E-state index in [1.165, 1.54) is 0 Å². The first-order valence-corrected chi connectivity index (χ1v) is 5.81. The molecular weight excluding hydrogens is 234 g/mol. The van der Waals surface area contributed by atoms with Gasteiger partial charge in [-0.1, -0.05) is 19.1 Å². The minimum atomic E-state index is -1.05. The molecular formula is C13H17NO4. The molecule has 0 heterocycles. The third kappa shape index (κ3) is 4.45. The lowest BCUT2D eigenvalue weighted by molar-refractivity contribution is -0.140. The highest BCUT2D eigenvalue weighted by Gasteiger charge is 2.16. The van der Waals surface area contributed by atoms with Crippen molar-refractivity contribution in [3.05, 3.63) is 29.8 Å². The number of hydrogen-bond donors (Lipinski definition) is 2. The number of carbonyl (C=O) groups is 2. The summed E-state index contributed by atoms with van der Waals surface area (Å²) in [4.78, 5) is 21.2. The summed E-state index contributed by atoms with van der Waals surface area (Å²) in [6.07, 6.45) is 1.54. The van der Waals surface area contributed by atoms with Crippen molar-refractivity contribution in [1.29, 1.82) is 0 Å². The molecule has 1 rings (SSSR count). The second-order valence-electron chi connectivity index (χ2n) is 3.88. The Bertz CT molecular complexity index is 406. The molecule has 0 aliphatic heterocycles. The normalized spacial score (nSPS) is 11.6. The molecule has 0 fully saturated rings. The number of carbonyl (C=O) groups excluding carboxylic acids is 1. The Morgan fingerprint density at radius 1 is 1.56 bits per heavy atom. The minimum Gasteiger partial charge on any atom is -0.494 e. The van der Waals surface area contributed by atoms with Crippen molar-refractivity contribution < 1.29 is 19.4 Å². The number of carboxylic acid groups (broad SMARTS) is 1. The van der Waals surface area contributed by atoms with Gasteiger partial charge in [-0.2, -0.15) is 0 Å². The predicted molar refractivity (Wildman–Crippen MR) is 66.6 cm³/mol. The Morgan fingerprint density at radius 3 is 2.94 bits per heavy atom. The van der Waals surface area contributed by atoms with Gasteiger partial charge in [0.15, 0.2) is 0 Å². The number of rotatable bonds is 8. The Morgan fingerprint density at radius 2 is 2.33 bits per heavy atom. The molecule has 1 aromatic carbocycles. The van der Waals surface area contributed by atoms with Crippen molar-refractivity contribution in [2.75, 3.05) is 6.61 Å². The lowest BCUT2D eigenvalue weighted by atomic mass is 10.1. The van der Waals surface area contributed by atoms with Gasteiger partial charge < -0.3 is 15.2 Å². The molecule has 5 nitrogen and oxygen atoms in total. The molecule has 0 spiro atoms. The van der Waals surface area contributed by atoms with Crippen LogP contribution in [-0.2, 0) is 16.0 Å². The molecule has 0 aliphatic rings. The fourth-order valence-corrected chi connectivity index (χ4v) is 1.52. The van der Waals surface area contributed by atoms with E-state index < -0.39 is 12.0 Å². The van der Waals surface area contributed by atoms with Crippen LogP contribution < -0.4 is 10.1 Å². The molecule has 0 aliphatic carbocycles. The Kier molecular flexibility index (Phi) is 5.70. The van der Waals surface area contributed by atoms with E-state index in [1.807, 2.05) is 13.0 Å². The van der Waals surface area contributed by atoms with Gasteiger partial charge >= 0.3 is 5.97 Å². The predicted octanol–water partition coefficient (Wildman–Crippen LogP) is 1.22. The average Bonchev–Trinajstić information content (AvgIpc) is 2.36. The first-order chi connectivity index (χ1) is 8.67. The highest BCUT2D eigenvalue weighted by Crippen LogP contribution is 2.15. The van der Waals surface area contributed by atoms with Crippen LogP contribution in [0.15, 0.2) is 24.3 Å². The monoisotopic (exact) mass is 251 g/mol. The van der Waals surface area contributed by atoms with Gasteiger partial charge in [0, 0.05) is 6.42 Å². The van der Waals surface area contributed by atoms with E-state index >= 15 is 0 Å². The van der Waals surface area contributed by atoms with E-state index in [2.05, 4.69) is 5.32 Å². The maximum Gasteiger partial charge on any atom is 0.326 e. The third-order valence-electron chi connectivity index (χ3n) is 2.38. The average molecular weight is 251 g/mol. The lowest BCUT2D eigenvalue weighted by Crippen LogP contribution is -2.37. The van der Waals surface area contributed by atoms with E-state index in [9.17, 15) is 9.59 Å². The molecule has 0 bridgehead atoms. The van der Waals surface area contributed by atoms with E-state index in [1.54, 1.807) is 18.2 Å². The van der Waals surface area contributed by atoms with Crippen molar-refractivity contribution in [3.8, 4) is 5.75 Å². The number of benzene rings is 1. The molecule has 0 aromatic heterocycles. The van der Waals surface area contributed by atoms with E-state index in [0.717, 1.165) is 12.0 Å². The Hall–Kier alpha value is -2.04. The SMILES string of the molecule is CCCOc1cccc(CC(NC=O)C(=O)O)c1. The molecule has 2 N–H and O–H groups in total. The Labute approximate surface area is 106 Å². The van der Waals surface area contributed by atoms with Crippen molar-refractivity contribution in [2.45, 2.75) is 25.8 Å². The number of ether oxygens (including phenoxy) is 1. The molecule has 0 radical (unpaired) electrons. The van der Waals surface area contributed by atoms with E-state index in [0.29, 0.717) is 18.8 Å². The fourth-order valence-electron chi connectivity index (χ4n) is 1.52. The van der Waals surface area contributed by atoms with Crippen LogP contribution in [0.2, 0.25) is 0 Å². The fraction of sp³-hybridized carbons (Fsp3) is 0.385. The van der Waals surface area contributed by atoms with Crippen molar-refractivity contribution in [2.24, 2.45) is 0 Å². The van der Waals surface area contributed by atoms with Gasteiger partial charge in [-0.3, -0.25) is 4.79 Å². The van der Waals surface area contributed by atoms with Crippen LogP contribution in [0.5, 0.6) is 5.75 Å². The number of hydrogen-bond acceptors (Lipinski definition) is 3. The first-order valence-electron chi connectivity index (χ1n) is 5.81. The van der Waals surface area contributed by atoms with Gasteiger partial charge in [0.05, 0.1) is 6.61 Å². The summed E-state index contributed by atoms with van der Waals surface area (Å²) in [5, 5.41) is 11.2. The van der Waals surface area contributed by atoms with Gasteiger partial charge in [0.2, 0.25) is 6.41 Å². The number of aliphatic carboxylic acids is 1. The topological polar surface area (TPSA) is 75.6 Å². The summed E-state index contributed by atoms with van der Waals surface area (Å²) < 4.78 is 5.46. The standard InChI is InChI=1S/C13H17NO4/c1-2-6-18-11-5-3-4-10(7-11)8-12(13(16)17)14-9-15/h3-5,7,9,12H,2,6,8H2,1H3,(H,14,15)(H,16,17). The molecule has 1 unspecified atom stereocenters. The molecule has 0 saturated heterocycles. The van der Waals surface area contributed by atoms with Crippen LogP contribution in [0.4, 0.5) is 0 Å². The minimum absolute atomic E-state index is 0.234. The van der Waals surface area contributed by atoms with Gasteiger partial charge in [-0.25, -0.2) is 4.79 Å². The second-order valence-corrected chi connectivity index (χ2v) is 3.88. The van der Waals surface area contributed by atoms with Crippen LogP contribution in [0.3, 0.4) is 0 Å². The van der Waals surface area contributed by atoms with Crippen LogP contribution in [0, 0.1) is 0 Å². The van der Waals surface area contributed by atoms with Gasteiger partial charge in [0.1, 0.15) is 11.8 Å². The van der Waals surface area contributed by atoms with E-state index in [4.69, 9.17) is 9.84 Å². The van der Waals surface area contributed by atoms with Gasteiger partial charge in [0.25, 0.3) is 0 Å². The molecule has 1 amide bonds. The zero-order chi connectivity index (χ0) is 13.4. The molecule has 0 saturated carbocycles. The summed E-state index contributed by atoms with van der Waals surface area (Å²) in [5.74, 6) is -0.341. The summed E-state index contributed by atoms with van der Waals surface area (Å²) in [7, 11) is 0. The summed E-state index contributed by atoms with van der Waals surface area (Å²) in [5.41, 5.74) is 0.811.